The van der Waals surface area contributed by atoms with Crippen molar-refractivity contribution in [3.63, 3.8) is 0 Å². The number of halogens is 2. The Morgan fingerprint density at radius 3 is 2.82 bits per heavy atom. The Bertz CT molecular complexity index is 206. The molecule has 4 heteroatoms. The first kappa shape index (κ1) is 8.20. The summed E-state index contributed by atoms with van der Waals surface area (Å²) < 4.78 is 25.8. The molecule has 0 atom stereocenters. The zero-order valence-corrected chi connectivity index (χ0v) is 6.20. The number of hydrogen-bond donors (Lipinski definition) is 2. The summed E-state index contributed by atoms with van der Waals surface area (Å²) in [4.78, 5) is 2.47. The Balaban J connectivity index is 2.73. The zero-order valence-electron chi connectivity index (χ0n) is 6.20. The number of rotatable bonds is 3. The van der Waals surface area contributed by atoms with Crippen LogP contribution in [0.15, 0.2) is 18.3 Å². The van der Waals surface area contributed by atoms with Crippen molar-refractivity contribution in [2.24, 2.45) is 0 Å². The molecule has 0 aromatic carbocycles. The van der Waals surface area contributed by atoms with Crippen LogP contribution in [0, 0.1) is 0 Å². The third kappa shape index (κ3) is 1.77. The van der Waals surface area contributed by atoms with Crippen LogP contribution in [0.5, 0.6) is 0 Å². The van der Waals surface area contributed by atoms with Crippen LogP contribution in [0.1, 0.15) is 5.69 Å². The molecule has 1 aromatic rings. The molecule has 2 N–H and O–H groups in total. The number of hydrogen-bond acceptors (Lipinski definition) is 1. The molecule has 0 aliphatic rings. The lowest BCUT2D eigenvalue weighted by Crippen LogP contribution is -2.28. The van der Waals surface area contributed by atoms with Gasteiger partial charge in [0.2, 0.25) is 0 Å². The van der Waals surface area contributed by atoms with Crippen LogP contribution >= 0.6 is 0 Å². The zero-order chi connectivity index (χ0) is 8.32. The van der Waals surface area contributed by atoms with Gasteiger partial charge in [0.15, 0.2) is 0 Å². The fourth-order valence-electron chi connectivity index (χ4n) is 0.875. The lowest BCUT2D eigenvalue weighted by molar-refractivity contribution is -0.00520. The Labute approximate surface area is 63.6 Å². The maximum Gasteiger partial charge on any atom is 0.299 e. The number of H-pyrrole nitrogens is 1. The van der Waals surface area contributed by atoms with E-state index in [9.17, 15) is 8.78 Å². The summed E-state index contributed by atoms with van der Waals surface area (Å²) in [5.74, 6) is -2.79. The lowest BCUT2D eigenvalue weighted by atomic mass is 10.2. The number of nitrogens with one attached hydrogen (secondary N) is 2. The molecule has 62 valence electrons. The molecule has 0 unspecified atom stereocenters. The molecule has 0 aliphatic heterocycles. The van der Waals surface area contributed by atoms with Crippen molar-refractivity contribution < 1.29 is 8.78 Å². The van der Waals surface area contributed by atoms with Gasteiger partial charge in [0.05, 0.1) is 12.2 Å². The molecule has 0 spiro atoms. The molecule has 2 nitrogen and oxygen atoms in total. The second kappa shape index (κ2) is 3.00. The van der Waals surface area contributed by atoms with E-state index in [-0.39, 0.29) is 12.2 Å². The van der Waals surface area contributed by atoms with Gasteiger partial charge in [0, 0.05) is 6.20 Å². The van der Waals surface area contributed by atoms with Crippen molar-refractivity contribution in [1.82, 2.24) is 10.3 Å². The van der Waals surface area contributed by atoms with Gasteiger partial charge in [-0.2, -0.15) is 8.78 Å². The SMILES string of the molecule is CNCC(F)(F)c1ccc[nH]1. The van der Waals surface area contributed by atoms with Gasteiger partial charge in [-0.1, -0.05) is 0 Å². The molecule has 0 fully saturated rings. The van der Waals surface area contributed by atoms with Gasteiger partial charge in [-0.3, -0.25) is 0 Å². The molecule has 1 heterocycles. The normalized spacial score (nSPS) is 11.9. The third-order valence-electron chi connectivity index (χ3n) is 1.39. The van der Waals surface area contributed by atoms with Crippen LogP contribution in [0.25, 0.3) is 0 Å². The van der Waals surface area contributed by atoms with E-state index >= 15 is 0 Å². The van der Waals surface area contributed by atoms with E-state index in [1.54, 1.807) is 6.07 Å². The van der Waals surface area contributed by atoms with Gasteiger partial charge < -0.3 is 10.3 Å². The van der Waals surface area contributed by atoms with E-state index in [1.807, 2.05) is 0 Å². The average molecular weight is 160 g/mol. The van der Waals surface area contributed by atoms with Gasteiger partial charge >= 0.3 is 0 Å². The molecular formula is C7H10F2N2. The summed E-state index contributed by atoms with van der Waals surface area (Å²) in [6.45, 7) is -0.340. The van der Waals surface area contributed by atoms with Crippen molar-refractivity contribution in [2.45, 2.75) is 5.92 Å². The Morgan fingerprint density at radius 1 is 1.64 bits per heavy atom. The number of aromatic nitrogens is 1. The number of aromatic amines is 1. The van der Waals surface area contributed by atoms with Crippen LogP contribution in [0.3, 0.4) is 0 Å². The van der Waals surface area contributed by atoms with Gasteiger partial charge in [0.25, 0.3) is 5.92 Å². The highest BCUT2D eigenvalue weighted by Gasteiger charge is 2.31. The Kier molecular flexibility index (Phi) is 2.24. The smallest absolute Gasteiger partial charge is 0.299 e. The van der Waals surface area contributed by atoms with Crippen molar-refractivity contribution in [3.8, 4) is 0 Å². The second-order valence-electron chi connectivity index (χ2n) is 2.32. The van der Waals surface area contributed by atoms with E-state index in [0.29, 0.717) is 0 Å². The highest BCUT2D eigenvalue weighted by atomic mass is 19.3. The summed E-state index contributed by atoms with van der Waals surface area (Å²) in [6, 6.07) is 2.93. The Morgan fingerprint density at radius 2 is 2.36 bits per heavy atom. The van der Waals surface area contributed by atoms with Crippen molar-refractivity contribution in [2.75, 3.05) is 13.6 Å². The summed E-state index contributed by atoms with van der Waals surface area (Å²) in [5.41, 5.74) is -0.0492. The predicted octanol–water partition coefficient (Wildman–Crippen LogP) is 1.33. The minimum atomic E-state index is -2.79. The summed E-state index contributed by atoms with van der Waals surface area (Å²) >= 11 is 0. The number of likely N-dealkylation sites (N-methyl/N-ethyl adjacent to an activating group) is 1. The summed E-state index contributed by atoms with van der Waals surface area (Å²) in [7, 11) is 1.50. The fourth-order valence-corrected chi connectivity index (χ4v) is 0.875. The van der Waals surface area contributed by atoms with Crippen LogP contribution in [0.2, 0.25) is 0 Å². The topological polar surface area (TPSA) is 27.8 Å². The molecule has 1 rings (SSSR count). The van der Waals surface area contributed by atoms with Gasteiger partial charge in [-0.05, 0) is 19.2 Å². The van der Waals surface area contributed by atoms with E-state index in [2.05, 4.69) is 10.3 Å². The van der Waals surface area contributed by atoms with E-state index in [4.69, 9.17) is 0 Å². The molecule has 11 heavy (non-hydrogen) atoms. The van der Waals surface area contributed by atoms with E-state index in [0.717, 1.165) is 0 Å². The average Bonchev–Trinajstić information content (AvgIpc) is 2.37. The monoisotopic (exact) mass is 160 g/mol. The van der Waals surface area contributed by atoms with Crippen LogP contribution in [-0.2, 0) is 5.92 Å². The first-order valence-electron chi connectivity index (χ1n) is 3.33. The molecule has 0 saturated carbocycles. The van der Waals surface area contributed by atoms with E-state index < -0.39 is 5.92 Å². The summed E-state index contributed by atoms with van der Waals surface area (Å²) in [5, 5.41) is 2.43. The van der Waals surface area contributed by atoms with Crippen molar-refractivity contribution >= 4 is 0 Å². The lowest BCUT2D eigenvalue weighted by Gasteiger charge is -2.13. The first-order chi connectivity index (χ1) is 5.17. The molecule has 1 aromatic heterocycles. The summed E-state index contributed by atoms with van der Waals surface area (Å²) in [6.07, 6.45) is 1.49. The van der Waals surface area contributed by atoms with Gasteiger partial charge in [-0.25, -0.2) is 0 Å². The highest BCUT2D eigenvalue weighted by Crippen LogP contribution is 2.24. The minimum Gasteiger partial charge on any atom is -0.360 e. The molecule has 0 amide bonds. The molecule has 0 bridgehead atoms. The molecule has 0 radical (unpaired) electrons. The van der Waals surface area contributed by atoms with Crippen LogP contribution in [0.4, 0.5) is 8.78 Å². The standard InChI is InChI=1S/C7H10F2N2/c1-10-5-7(8,9)6-3-2-4-11-6/h2-4,10-11H,5H2,1H3. The molecule has 0 aliphatic carbocycles. The fraction of sp³-hybridized carbons (Fsp3) is 0.429. The quantitative estimate of drug-likeness (QED) is 0.685. The first-order valence-corrected chi connectivity index (χ1v) is 3.33. The van der Waals surface area contributed by atoms with Gasteiger partial charge in [-0.15, -0.1) is 0 Å². The largest absolute Gasteiger partial charge is 0.360 e. The Hall–Kier alpha value is -0.900. The second-order valence-corrected chi connectivity index (χ2v) is 2.32. The predicted molar refractivity (Wildman–Crippen MR) is 38.6 cm³/mol. The molecule has 0 saturated heterocycles. The van der Waals surface area contributed by atoms with E-state index in [1.165, 1.54) is 19.3 Å². The minimum absolute atomic E-state index is 0.0492. The maximum absolute atomic E-state index is 12.9. The third-order valence-corrected chi connectivity index (χ3v) is 1.39. The van der Waals surface area contributed by atoms with Crippen molar-refractivity contribution in [3.05, 3.63) is 24.0 Å². The maximum atomic E-state index is 12.9. The van der Waals surface area contributed by atoms with Crippen molar-refractivity contribution in [1.29, 1.82) is 0 Å². The highest BCUT2D eigenvalue weighted by molar-refractivity contribution is 5.10. The van der Waals surface area contributed by atoms with Crippen LogP contribution in [-0.4, -0.2) is 18.6 Å². The number of alkyl halides is 2. The van der Waals surface area contributed by atoms with Crippen LogP contribution < -0.4 is 5.32 Å². The van der Waals surface area contributed by atoms with Gasteiger partial charge in [0.1, 0.15) is 0 Å². The molecular weight excluding hydrogens is 150 g/mol.